The first-order valence-corrected chi connectivity index (χ1v) is 14.0. The molecule has 3 heteroatoms. The summed E-state index contributed by atoms with van der Waals surface area (Å²) in [5.74, 6) is 1.63. The number of hydrogen-bond acceptors (Lipinski definition) is 1. The van der Waals surface area contributed by atoms with Crippen LogP contribution in [0.2, 0.25) is 39.3 Å². The van der Waals surface area contributed by atoms with Gasteiger partial charge in [0.2, 0.25) is 0 Å². The standard InChI is InChI=1S/C15H30NSi2/c1-16(2)10-9-13-11-14(17(3,4)5)12-15(13)18(6,7)8/h11-12H,9-10H2,1-8H3. The van der Waals surface area contributed by atoms with Gasteiger partial charge in [-0.25, -0.2) is 0 Å². The molecule has 0 saturated heterocycles. The molecule has 0 spiro atoms. The maximum atomic E-state index is 2.55. The Morgan fingerprint density at radius 3 is 1.83 bits per heavy atom. The molecule has 0 unspecified atom stereocenters. The van der Waals surface area contributed by atoms with Gasteiger partial charge in [0, 0.05) is 0 Å². The fourth-order valence-corrected chi connectivity index (χ4v) is 5.32. The van der Waals surface area contributed by atoms with Gasteiger partial charge in [0.1, 0.15) is 0 Å². The van der Waals surface area contributed by atoms with Gasteiger partial charge >= 0.3 is 0 Å². The average molecular weight is 281 g/mol. The van der Waals surface area contributed by atoms with Crippen molar-refractivity contribution in [3.8, 4) is 0 Å². The molecule has 103 valence electrons. The number of nitrogens with zero attached hydrogens (tertiary/aromatic N) is 1. The van der Waals surface area contributed by atoms with Gasteiger partial charge in [0.25, 0.3) is 0 Å². The summed E-state index contributed by atoms with van der Waals surface area (Å²) in [5, 5.41) is 0. The van der Waals surface area contributed by atoms with Gasteiger partial charge in [0.15, 0.2) is 0 Å². The van der Waals surface area contributed by atoms with Gasteiger partial charge in [0.05, 0.1) is 16.1 Å². The van der Waals surface area contributed by atoms with E-state index in [0.717, 1.165) is 6.54 Å². The Morgan fingerprint density at radius 2 is 1.44 bits per heavy atom. The third-order valence-electron chi connectivity index (χ3n) is 3.48. The van der Waals surface area contributed by atoms with Crippen molar-refractivity contribution in [2.75, 3.05) is 20.6 Å². The fourth-order valence-electron chi connectivity index (χ4n) is 2.24. The summed E-state index contributed by atoms with van der Waals surface area (Å²) in [4.78, 5) is 2.29. The van der Waals surface area contributed by atoms with E-state index in [1.807, 2.05) is 0 Å². The molecule has 0 amide bonds. The zero-order valence-corrected chi connectivity index (χ0v) is 15.5. The van der Waals surface area contributed by atoms with Crippen molar-refractivity contribution in [1.29, 1.82) is 0 Å². The van der Waals surface area contributed by atoms with Crippen LogP contribution in [0.1, 0.15) is 6.42 Å². The number of hydrogen-bond donors (Lipinski definition) is 0. The molecule has 0 bridgehead atoms. The molecule has 0 N–H and O–H groups in total. The molecule has 0 heterocycles. The van der Waals surface area contributed by atoms with Crippen LogP contribution in [0, 0.1) is 29.8 Å². The van der Waals surface area contributed by atoms with E-state index in [-0.39, 0.29) is 0 Å². The Labute approximate surface area is 117 Å². The van der Waals surface area contributed by atoms with Crippen LogP contribution in [-0.2, 0) is 0 Å². The molecule has 1 aliphatic rings. The minimum Gasteiger partial charge on any atom is -0.309 e. The van der Waals surface area contributed by atoms with Crippen LogP contribution in [0.4, 0.5) is 0 Å². The maximum Gasteiger partial charge on any atom is 0.0520 e. The zero-order chi connectivity index (χ0) is 14.1. The monoisotopic (exact) mass is 280 g/mol. The lowest BCUT2D eigenvalue weighted by Crippen LogP contribution is -2.35. The Kier molecular flexibility index (Phi) is 5.30. The van der Waals surface area contributed by atoms with Crippen molar-refractivity contribution in [3.63, 3.8) is 0 Å². The van der Waals surface area contributed by atoms with Crippen LogP contribution in [0.5, 0.6) is 0 Å². The largest absolute Gasteiger partial charge is 0.309 e. The molecule has 1 rings (SSSR count). The summed E-state index contributed by atoms with van der Waals surface area (Å²) in [6, 6.07) is 0. The molecule has 0 atom stereocenters. The van der Waals surface area contributed by atoms with Crippen LogP contribution < -0.4 is 0 Å². The van der Waals surface area contributed by atoms with E-state index in [1.54, 1.807) is 17.0 Å². The zero-order valence-electron chi connectivity index (χ0n) is 13.5. The lowest BCUT2D eigenvalue weighted by Gasteiger charge is -2.30. The van der Waals surface area contributed by atoms with E-state index in [0.29, 0.717) is 0 Å². The van der Waals surface area contributed by atoms with E-state index in [4.69, 9.17) is 0 Å². The van der Waals surface area contributed by atoms with E-state index in [9.17, 15) is 0 Å². The lowest BCUT2D eigenvalue weighted by atomic mass is 10.0. The van der Waals surface area contributed by atoms with Gasteiger partial charge < -0.3 is 4.90 Å². The highest BCUT2D eigenvalue weighted by atomic mass is 28.3. The minimum atomic E-state index is -1.20. The summed E-state index contributed by atoms with van der Waals surface area (Å²) in [7, 11) is 1.95. The number of rotatable bonds is 5. The lowest BCUT2D eigenvalue weighted by molar-refractivity contribution is 0.407. The predicted octanol–water partition coefficient (Wildman–Crippen LogP) is 3.84. The molecule has 1 nitrogen and oxygen atoms in total. The van der Waals surface area contributed by atoms with Crippen LogP contribution in [0.15, 0.2) is 0 Å². The van der Waals surface area contributed by atoms with E-state index >= 15 is 0 Å². The van der Waals surface area contributed by atoms with Gasteiger partial charge in [-0.2, -0.15) is 0 Å². The van der Waals surface area contributed by atoms with Crippen LogP contribution in [0.25, 0.3) is 0 Å². The van der Waals surface area contributed by atoms with Crippen LogP contribution in [0.3, 0.4) is 0 Å². The van der Waals surface area contributed by atoms with Gasteiger partial charge in [-0.15, -0.1) is 0 Å². The molecule has 1 saturated carbocycles. The molecule has 1 fully saturated rings. The molecule has 1 aliphatic carbocycles. The Bertz CT molecular complexity index is 263. The van der Waals surface area contributed by atoms with Gasteiger partial charge in [-0.1, -0.05) is 39.3 Å². The van der Waals surface area contributed by atoms with Gasteiger partial charge in [-0.3, -0.25) is 0 Å². The first-order valence-electron chi connectivity index (χ1n) is 6.97. The van der Waals surface area contributed by atoms with Gasteiger partial charge in [-0.05, 0) is 56.9 Å². The summed E-state index contributed by atoms with van der Waals surface area (Å²) in [6.07, 6.45) is 6.27. The third kappa shape index (κ3) is 4.50. The normalized spacial score (nSPS) is 21.2. The maximum absolute atomic E-state index is 2.55. The highest BCUT2D eigenvalue weighted by molar-refractivity contribution is 6.86. The molecule has 0 aromatic heterocycles. The van der Waals surface area contributed by atoms with Crippen molar-refractivity contribution < 1.29 is 0 Å². The van der Waals surface area contributed by atoms with E-state index in [1.165, 1.54) is 6.42 Å². The van der Waals surface area contributed by atoms with Crippen molar-refractivity contribution in [3.05, 3.63) is 29.8 Å². The first-order chi connectivity index (χ1) is 8.01. The quantitative estimate of drug-likeness (QED) is 0.692. The molecule has 18 heavy (non-hydrogen) atoms. The molecule has 0 aromatic rings. The summed E-state index contributed by atoms with van der Waals surface area (Å²) in [6.45, 7) is 15.9. The first kappa shape index (κ1) is 16.4. The van der Waals surface area contributed by atoms with Crippen molar-refractivity contribution in [1.82, 2.24) is 4.90 Å². The average Bonchev–Trinajstić information content (AvgIpc) is 2.56. The highest BCUT2D eigenvalue weighted by Crippen LogP contribution is 2.49. The SMILES string of the molecule is CN(C)CC[C]1[CH][C]([Si](C)(C)C)[CH][C]1[Si](C)(C)C. The summed E-state index contributed by atoms with van der Waals surface area (Å²) in [5.41, 5.74) is 3.34. The Morgan fingerprint density at radius 1 is 0.889 bits per heavy atom. The summed E-state index contributed by atoms with van der Waals surface area (Å²) < 4.78 is 0. The topological polar surface area (TPSA) is 3.24 Å². The van der Waals surface area contributed by atoms with Crippen molar-refractivity contribution in [2.24, 2.45) is 0 Å². The molecule has 0 aromatic carbocycles. The second-order valence-electron chi connectivity index (χ2n) is 7.74. The van der Waals surface area contributed by atoms with E-state index < -0.39 is 16.1 Å². The van der Waals surface area contributed by atoms with Crippen molar-refractivity contribution >= 4 is 16.1 Å². The predicted molar refractivity (Wildman–Crippen MR) is 88.2 cm³/mol. The second-order valence-corrected chi connectivity index (χ2v) is 17.9. The molecule has 0 aliphatic heterocycles. The van der Waals surface area contributed by atoms with E-state index in [2.05, 4.69) is 71.1 Å². The second kappa shape index (κ2) is 5.80. The Balaban J connectivity index is 2.73. The molecular weight excluding hydrogens is 250 g/mol. The molecule has 5 radical (unpaired) electrons. The van der Waals surface area contributed by atoms with Crippen LogP contribution in [-0.4, -0.2) is 41.7 Å². The minimum absolute atomic E-state index is 1.16. The molecular formula is C15H30NSi2. The smallest absolute Gasteiger partial charge is 0.0520 e. The Hall–Kier alpha value is 0.394. The van der Waals surface area contributed by atoms with Crippen molar-refractivity contribution in [2.45, 2.75) is 45.7 Å². The van der Waals surface area contributed by atoms with Crippen LogP contribution >= 0.6 is 0 Å². The third-order valence-corrected chi connectivity index (χ3v) is 7.58. The summed E-state index contributed by atoms with van der Waals surface area (Å²) >= 11 is 0. The fraction of sp³-hybridized carbons (Fsp3) is 0.667. The highest BCUT2D eigenvalue weighted by Gasteiger charge is 2.46.